The maximum Gasteiger partial charge on any atom is 0.329 e. The van der Waals surface area contributed by atoms with Crippen molar-refractivity contribution in [3.63, 3.8) is 0 Å². The first-order valence-electron chi connectivity index (χ1n) is 13.6. The van der Waals surface area contributed by atoms with Crippen LogP contribution in [0.1, 0.15) is 41.0 Å². The number of rotatable bonds is 12. The predicted molar refractivity (Wildman–Crippen MR) is 160 cm³/mol. The summed E-state index contributed by atoms with van der Waals surface area (Å²) < 4.78 is 9.94. The summed E-state index contributed by atoms with van der Waals surface area (Å²) in [5, 5.41) is 14.1. The van der Waals surface area contributed by atoms with E-state index >= 15 is 0 Å². The Morgan fingerprint density at radius 3 is 1.60 bits per heavy atom. The molecule has 0 aliphatic rings. The van der Waals surface area contributed by atoms with Gasteiger partial charge in [-0.3, -0.25) is 19.7 Å². The minimum Gasteiger partial charge on any atom is -0.469 e. The van der Waals surface area contributed by atoms with Gasteiger partial charge in [0.1, 0.15) is 6.04 Å². The Kier molecular flexibility index (Phi) is 10.0. The minimum absolute atomic E-state index is 0.0796. The second-order valence-corrected chi connectivity index (χ2v) is 9.98. The number of nitro benzene ring substituents is 1. The molecule has 4 aromatic carbocycles. The average Bonchev–Trinajstić information content (AvgIpc) is 3.06. The number of carbonyl (C=O) groups excluding carboxylic acids is 3. The summed E-state index contributed by atoms with van der Waals surface area (Å²) in [7, 11) is 2.41. The fourth-order valence-corrected chi connectivity index (χ4v) is 5.42. The lowest BCUT2D eigenvalue weighted by Gasteiger charge is -2.36. The number of carbonyl (C=O) groups is 3. The molecule has 0 aromatic heterocycles. The van der Waals surface area contributed by atoms with Crippen LogP contribution in [-0.2, 0) is 29.3 Å². The van der Waals surface area contributed by atoms with Crippen LogP contribution < -0.4 is 5.32 Å². The number of hydrogen-bond donors (Lipinski definition) is 1. The third-order valence-corrected chi connectivity index (χ3v) is 7.55. The Morgan fingerprint density at radius 1 is 0.744 bits per heavy atom. The topological polar surface area (TPSA) is 125 Å². The number of methoxy groups -OCH3 is 2. The zero-order valence-electron chi connectivity index (χ0n) is 23.8. The van der Waals surface area contributed by atoms with Crippen molar-refractivity contribution >= 4 is 23.5 Å². The van der Waals surface area contributed by atoms with Crippen molar-refractivity contribution in [1.82, 2.24) is 5.32 Å². The third-order valence-electron chi connectivity index (χ3n) is 7.55. The van der Waals surface area contributed by atoms with Crippen molar-refractivity contribution in [2.45, 2.75) is 30.2 Å². The second-order valence-electron chi connectivity index (χ2n) is 9.98. The fourth-order valence-electron chi connectivity index (χ4n) is 5.42. The van der Waals surface area contributed by atoms with E-state index in [1.165, 1.54) is 38.5 Å². The molecule has 4 rings (SSSR count). The van der Waals surface area contributed by atoms with Crippen molar-refractivity contribution in [3.05, 3.63) is 148 Å². The molecule has 0 saturated heterocycles. The zero-order valence-corrected chi connectivity index (χ0v) is 23.8. The van der Waals surface area contributed by atoms with Crippen molar-refractivity contribution in [2.75, 3.05) is 14.2 Å². The summed E-state index contributed by atoms with van der Waals surface area (Å²) >= 11 is 0. The van der Waals surface area contributed by atoms with Crippen molar-refractivity contribution < 1.29 is 28.8 Å². The first kappa shape index (κ1) is 30.6. The van der Waals surface area contributed by atoms with Crippen molar-refractivity contribution in [3.8, 4) is 0 Å². The summed E-state index contributed by atoms with van der Waals surface area (Å²) in [5.74, 6) is -2.79. The highest BCUT2D eigenvalue weighted by molar-refractivity contribution is 5.87. The predicted octanol–water partition coefficient (Wildman–Crippen LogP) is 5.32. The van der Waals surface area contributed by atoms with Gasteiger partial charge in [0.15, 0.2) is 0 Å². The van der Waals surface area contributed by atoms with Crippen LogP contribution in [0.25, 0.3) is 0 Å². The highest BCUT2D eigenvalue weighted by Crippen LogP contribution is 2.42. The van der Waals surface area contributed by atoms with E-state index in [4.69, 9.17) is 9.47 Å². The summed E-state index contributed by atoms with van der Waals surface area (Å²) in [4.78, 5) is 50.4. The largest absolute Gasteiger partial charge is 0.469 e. The summed E-state index contributed by atoms with van der Waals surface area (Å²) in [6.07, 6.45) is -0.362. The molecule has 0 radical (unpaired) electrons. The molecule has 4 aromatic rings. The van der Waals surface area contributed by atoms with Gasteiger partial charge in [-0.2, -0.15) is 0 Å². The smallest absolute Gasteiger partial charge is 0.329 e. The SMILES string of the molecule is COC(=O)C[C@H](c1ccc([N+](=O)[O-])cc1)[C@@H](NC(=O)CC(c1ccccc1)(c1ccccc1)c1ccccc1)C(=O)OC. The van der Waals surface area contributed by atoms with Gasteiger partial charge in [-0.1, -0.05) is 103 Å². The maximum atomic E-state index is 14.1. The highest BCUT2D eigenvalue weighted by Gasteiger charge is 2.41. The van der Waals surface area contributed by atoms with Crippen LogP contribution in [0.4, 0.5) is 5.69 Å². The number of non-ortho nitro benzene ring substituents is 1. The maximum absolute atomic E-state index is 14.1. The quantitative estimate of drug-likeness (QED) is 0.104. The van der Waals surface area contributed by atoms with E-state index in [-0.39, 0.29) is 18.5 Å². The van der Waals surface area contributed by atoms with Gasteiger partial charge in [0.25, 0.3) is 5.69 Å². The molecule has 0 aliphatic carbocycles. The summed E-state index contributed by atoms with van der Waals surface area (Å²) in [6, 6.07) is 33.1. The number of hydrogen-bond acceptors (Lipinski definition) is 7. The van der Waals surface area contributed by atoms with E-state index in [1.54, 1.807) is 0 Å². The normalized spacial score (nSPS) is 12.4. The first-order valence-corrected chi connectivity index (χ1v) is 13.6. The van der Waals surface area contributed by atoms with Crippen LogP contribution in [0, 0.1) is 10.1 Å². The zero-order chi connectivity index (χ0) is 30.8. The molecule has 2 atom stereocenters. The van der Waals surface area contributed by atoms with Gasteiger partial charge in [0.2, 0.25) is 5.91 Å². The molecule has 9 heteroatoms. The standard InChI is InChI=1S/C34H32N2O7/c1-42-31(38)22-29(24-18-20-28(21-19-24)36(40)41)32(33(39)43-2)35-30(37)23-34(25-12-6-3-7-13-25,26-14-8-4-9-15-26)27-16-10-5-11-17-27/h3-21,29,32H,22-23H2,1-2H3,(H,35,37)/t29-,32-/m1/s1. The number of esters is 2. The third kappa shape index (κ3) is 6.95. The fraction of sp³-hybridized carbons (Fsp3) is 0.206. The molecule has 1 amide bonds. The van der Waals surface area contributed by atoms with Gasteiger partial charge in [-0.25, -0.2) is 4.79 Å². The van der Waals surface area contributed by atoms with Gasteiger partial charge in [-0.05, 0) is 22.3 Å². The number of nitro groups is 1. The summed E-state index contributed by atoms with van der Waals surface area (Å²) in [5.41, 5.74) is 1.96. The number of amides is 1. The number of nitrogens with one attached hydrogen (secondary N) is 1. The number of benzene rings is 4. The van der Waals surface area contributed by atoms with Crippen molar-refractivity contribution in [2.24, 2.45) is 0 Å². The number of ether oxygens (including phenoxy) is 2. The average molecular weight is 581 g/mol. The molecule has 43 heavy (non-hydrogen) atoms. The molecular weight excluding hydrogens is 548 g/mol. The van der Waals surface area contributed by atoms with Gasteiger partial charge in [0, 0.05) is 24.5 Å². The van der Waals surface area contributed by atoms with E-state index in [9.17, 15) is 24.5 Å². The monoisotopic (exact) mass is 580 g/mol. The molecule has 0 spiro atoms. The molecule has 0 fully saturated rings. The van der Waals surface area contributed by atoms with E-state index in [0.717, 1.165) is 16.7 Å². The van der Waals surface area contributed by atoms with Gasteiger partial charge < -0.3 is 14.8 Å². The van der Waals surface area contributed by atoms with E-state index < -0.39 is 40.1 Å². The molecule has 0 aliphatic heterocycles. The van der Waals surface area contributed by atoms with Crippen LogP contribution in [0.3, 0.4) is 0 Å². The molecule has 9 nitrogen and oxygen atoms in total. The Hall–Kier alpha value is -5.31. The van der Waals surface area contributed by atoms with Gasteiger partial charge in [0.05, 0.1) is 31.0 Å². The lowest BCUT2D eigenvalue weighted by atomic mass is 9.67. The molecule has 0 saturated carbocycles. The highest BCUT2D eigenvalue weighted by atomic mass is 16.6. The van der Waals surface area contributed by atoms with Crippen LogP contribution in [-0.4, -0.2) is 43.0 Å². The molecule has 220 valence electrons. The van der Waals surface area contributed by atoms with E-state index in [2.05, 4.69) is 5.32 Å². The van der Waals surface area contributed by atoms with Crippen LogP contribution in [0.2, 0.25) is 0 Å². The molecular formula is C34H32N2O7. The summed E-state index contributed by atoms with van der Waals surface area (Å²) in [6.45, 7) is 0. The van der Waals surface area contributed by atoms with E-state index in [0.29, 0.717) is 5.56 Å². The Morgan fingerprint density at radius 2 is 1.21 bits per heavy atom. The van der Waals surface area contributed by atoms with E-state index in [1.807, 2.05) is 91.0 Å². The molecule has 0 bridgehead atoms. The van der Waals surface area contributed by atoms with Gasteiger partial charge >= 0.3 is 11.9 Å². The Labute approximate surface area is 249 Å². The number of nitrogens with zero attached hydrogens (tertiary/aromatic N) is 1. The van der Waals surface area contributed by atoms with Crippen molar-refractivity contribution in [1.29, 1.82) is 0 Å². The van der Waals surface area contributed by atoms with Crippen LogP contribution in [0.5, 0.6) is 0 Å². The van der Waals surface area contributed by atoms with Crippen LogP contribution >= 0.6 is 0 Å². The van der Waals surface area contributed by atoms with Crippen LogP contribution in [0.15, 0.2) is 115 Å². The molecule has 0 unspecified atom stereocenters. The Bertz CT molecular complexity index is 1450. The first-order chi connectivity index (χ1) is 20.8. The second kappa shape index (κ2) is 14.0. The lowest BCUT2D eigenvalue weighted by Crippen LogP contribution is -2.48. The Balaban J connectivity index is 1.79. The lowest BCUT2D eigenvalue weighted by molar-refractivity contribution is -0.384. The molecule has 0 heterocycles. The van der Waals surface area contributed by atoms with Gasteiger partial charge in [-0.15, -0.1) is 0 Å². The minimum atomic E-state index is -1.29. The molecule has 1 N–H and O–H groups in total.